The van der Waals surface area contributed by atoms with E-state index in [-0.39, 0.29) is 30.5 Å². The van der Waals surface area contributed by atoms with Gasteiger partial charge in [-0.05, 0) is 53.4 Å². The molecular weight excluding hydrogens is 420 g/mol. The Morgan fingerprint density at radius 3 is 2.65 bits per heavy atom. The van der Waals surface area contributed by atoms with Gasteiger partial charge in [-0.2, -0.15) is 0 Å². The minimum absolute atomic E-state index is 0.150. The molecular formula is C17H19BrN4O3S. The maximum Gasteiger partial charge on any atom is 0.271 e. The average Bonchev–Trinajstić information content (AvgIpc) is 2.64. The zero-order valence-corrected chi connectivity index (χ0v) is 16.8. The van der Waals surface area contributed by atoms with Crippen LogP contribution in [0.3, 0.4) is 0 Å². The number of carbonyl (C=O) groups excluding carboxylic acids is 2. The Kier molecular flexibility index (Phi) is 7.86. The maximum absolute atomic E-state index is 12.2. The number of carbonyl (C=O) groups is 2. The summed E-state index contributed by atoms with van der Waals surface area (Å²) in [4.78, 5) is 32.4. The van der Waals surface area contributed by atoms with Gasteiger partial charge < -0.3 is 15.4 Å². The van der Waals surface area contributed by atoms with Crippen molar-refractivity contribution >= 4 is 45.2 Å². The number of ether oxygens (including phenoxy) is 1. The fourth-order valence-corrected chi connectivity index (χ4v) is 2.72. The van der Waals surface area contributed by atoms with Gasteiger partial charge in [-0.15, -0.1) is 0 Å². The lowest BCUT2D eigenvalue weighted by atomic mass is 10.3. The fraction of sp³-hybridized carbons (Fsp3) is 0.294. The van der Waals surface area contributed by atoms with E-state index >= 15 is 0 Å². The highest BCUT2D eigenvalue weighted by atomic mass is 79.9. The molecule has 138 valence electrons. The molecule has 0 unspecified atom stereocenters. The van der Waals surface area contributed by atoms with Gasteiger partial charge >= 0.3 is 0 Å². The first-order chi connectivity index (χ1) is 12.5. The monoisotopic (exact) mass is 438 g/mol. The van der Waals surface area contributed by atoms with Crippen LogP contribution >= 0.6 is 27.7 Å². The highest BCUT2D eigenvalue weighted by molar-refractivity contribution is 9.10. The predicted octanol–water partition coefficient (Wildman–Crippen LogP) is 3.12. The van der Waals surface area contributed by atoms with Gasteiger partial charge in [0.05, 0.1) is 11.1 Å². The van der Waals surface area contributed by atoms with Gasteiger partial charge in [0.1, 0.15) is 11.4 Å². The molecule has 7 nitrogen and oxygen atoms in total. The summed E-state index contributed by atoms with van der Waals surface area (Å²) in [6, 6.07) is 7.11. The summed E-state index contributed by atoms with van der Waals surface area (Å²) in [6.45, 7) is 2.70. The van der Waals surface area contributed by atoms with Crippen LogP contribution in [0, 0.1) is 0 Å². The molecule has 2 amide bonds. The van der Waals surface area contributed by atoms with Gasteiger partial charge in [0.25, 0.3) is 5.91 Å². The zero-order chi connectivity index (χ0) is 18.9. The molecule has 0 atom stereocenters. The molecule has 0 bridgehead atoms. The second-order valence-electron chi connectivity index (χ2n) is 5.06. The molecule has 1 aromatic heterocycles. The lowest BCUT2D eigenvalue weighted by Gasteiger charge is -2.08. The van der Waals surface area contributed by atoms with Crippen LogP contribution in [-0.2, 0) is 4.79 Å². The van der Waals surface area contributed by atoms with E-state index in [9.17, 15) is 9.59 Å². The molecule has 0 spiro atoms. The van der Waals surface area contributed by atoms with Crippen molar-refractivity contribution in [2.24, 2.45) is 0 Å². The van der Waals surface area contributed by atoms with Crippen LogP contribution in [0.4, 0.5) is 5.69 Å². The number of amides is 2. The van der Waals surface area contributed by atoms with Crippen molar-refractivity contribution in [2.75, 3.05) is 24.7 Å². The SMILES string of the molecule is CCOc1ccc(NC(=O)CCNC(=O)c2nc(SC)ncc2Br)cc1. The van der Waals surface area contributed by atoms with Crippen molar-refractivity contribution in [1.82, 2.24) is 15.3 Å². The molecule has 0 aliphatic heterocycles. The number of hydrogen-bond acceptors (Lipinski definition) is 6. The van der Waals surface area contributed by atoms with Gasteiger partial charge in [-0.1, -0.05) is 11.8 Å². The van der Waals surface area contributed by atoms with Crippen LogP contribution in [0.2, 0.25) is 0 Å². The van der Waals surface area contributed by atoms with Gasteiger partial charge in [0.15, 0.2) is 5.16 Å². The smallest absolute Gasteiger partial charge is 0.271 e. The Balaban J connectivity index is 1.81. The molecule has 1 heterocycles. The first kappa shape index (κ1) is 20.2. The van der Waals surface area contributed by atoms with E-state index in [1.165, 1.54) is 18.0 Å². The molecule has 9 heteroatoms. The first-order valence-electron chi connectivity index (χ1n) is 7.91. The molecule has 0 aliphatic carbocycles. The van der Waals surface area contributed by atoms with Gasteiger partial charge in [0, 0.05) is 24.8 Å². The van der Waals surface area contributed by atoms with Crippen molar-refractivity contribution in [3.05, 3.63) is 40.6 Å². The second-order valence-corrected chi connectivity index (χ2v) is 6.69. The summed E-state index contributed by atoms with van der Waals surface area (Å²) in [5.41, 5.74) is 0.921. The van der Waals surface area contributed by atoms with Crippen molar-refractivity contribution in [3.8, 4) is 5.75 Å². The van der Waals surface area contributed by atoms with E-state index < -0.39 is 0 Å². The third-order valence-electron chi connectivity index (χ3n) is 3.21. The number of rotatable bonds is 8. The third kappa shape index (κ3) is 5.99. The van der Waals surface area contributed by atoms with Crippen molar-refractivity contribution in [3.63, 3.8) is 0 Å². The van der Waals surface area contributed by atoms with E-state index in [4.69, 9.17) is 4.74 Å². The number of halogens is 1. The van der Waals surface area contributed by atoms with Crippen molar-refractivity contribution in [1.29, 1.82) is 0 Å². The topological polar surface area (TPSA) is 93.2 Å². The largest absolute Gasteiger partial charge is 0.494 e. The Morgan fingerprint density at radius 1 is 1.27 bits per heavy atom. The molecule has 26 heavy (non-hydrogen) atoms. The summed E-state index contributed by atoms with van der Waals surface area (Å²) in [7, 11) is 0. The van der Waals surface area contributed by atoms with E-state index in [0.29, 0.717) is 21.9 Å². The summed E-state index contributed by atoms with van der Waals surface area (Å²) < 4.78 is 5.86. The quantitative estimate of drug-likeness (QED) is 0.485. The summed E-state index contributed by atoms with van der Waals surface area (Å²) in [6.07, 6.45) is 3.51. The van der Waals surface area contributed by atoms with E-state index in [1.807, 2.05) is 13.2 Å². The van der Waals surface area contributed by atoms with Crippen LogP contribution < -0.4 is 15.4 Å². The Labute approximate surface area is 164 Å². The molecule has 0 fully saturated rings. The number of thioether (sulfide) groups is 1. The predicted molar refractivity (Wildman–Crippen MR) is 105 cm³/mol. The molecule has 2 N–H and O–H groups in total. The highest BCUT2D eigenvalue weighted by Gasteiger charge is 2.14. The van der Waals surface area contributed by atoms with Gasteiger partial charge in [-0.3, -0.25) is 9.59 Å². The fourth-order valence-electron chi connectivity index (χ4n) is 2.01. The normalized spacial score (nSPS) is 10.3. The number of aromatic nitrogens is 2. The molecule has 1 aromatic carbocycles. The highest BCUT2D eigenvalue weighted by Crippen LogP contribution is 2.17. The Hall–Kier alpha value is -2.13. The number of hydrogen-bond donors (Lipinski definition) is 2. The minimum atomic E-state index is -0.358. The number of nitrogens with zero attached hydrogens (tertiary/aromatic N) is 2. The first-order valence-corrected chi connectivity index (χ1v) is 9.92. The molecule has 0 saturated carbocycles. The van der Waals surface area contributed by atoms with Crippen molar-refractivity contribution < 1.29 is 14.3 Å². The number of benzene rings is 1. The molecule has 0 radical (unpaired) electrons. The average molecular weight is 439 g/mol. The van der Waals surface area contributed by atoms with Crippen LogP contribution in [-0.4, -0.2) is 41.2 Å². The standard InChI is InChI=1S/C17H19BrN4O3S/c1-3-25-12-6-4-11(5-7-12)21-14(23)8-9-19-16(24)15-13(18)10-20-17(22-15)26-2/h4-7,10H,3,8-9H2,1-2H3,(H,19,24)(H,21,23). The molecule has 2 aromatic rings. The van der Waals surface area contributed by atoms with E-state index in [2.05, 4.69) is 36.5 Å². The number of nitrogens with one attached hydrogen (secondary N) is 2. The van der Waals surface area contributed by atoms with Crippen LogP contribution in [0.1, 0.15) is 23.8 Å². The van der Waals surface area contributed by atoms with Crippen LogP contribution in [0.25, 0.3) is 0 Å². The van der Waals surface area contributed by atoms with E-state index in [1.54, 1.807) is 24.3 Å². The summed E-state index contributed by atoms with van der Waals surface area (Å²) in [5.74, 6) is 0.197. The maximum atomic E-state index is 12.2. The zero-order valence-electron chi connectivity index (χ0n) is 14.4. The third-order valence-corrected chi connectivity index (χ3v) is 4.35. The lowest BCUT2D eigenvalue weighted by Crippen LogP contribution is -2.28. The second kappa shape index (κ2) is 10.1. The number of anilines is 1. The molecule has 2 rings (SSSR count). The summed E-state index contributed by atoms with van der Waals surface area (Å²) >= 11 is 4.60. The molecule has 0 aliphatic rings. The van der Waals surface area contributed by atoms with Crippen LogP contribution in [0.15, 0.2) is 40.1 Å². The van der Waals surface area contributed by atoms with Crippen molar-refractivity contribution in [2.45, 2.75) is 18.5 Å². The lowest BCUT2D eigenvalue weighted by molar-refractivity contribution is -0.116. The Bertz CT molecular complexity index is 771. The molecule has 0 saturated heterocycles. The van der Waals surface area contributed by atoms with E-state index in [0.717, 1.165) is 5.75 Å². The van der Waals surface area contributed by atoms with Crippen LogP contribution in [0.5, 0.6) is 5.75 Å². The van der Waals surface area contributed by atoms with Gasteiger partial charge in [-0.25, -0.2) is 9.97 Å². The van der Waals surface area contributed by atoms with Gasteiger partial charge in [0.2, 0.25) is 5.91 Å². The summed E-state index contributed by atoms with van der Waals surface area (Å²) in [5, 5.41) is 5.96. The Morgan fingerprint density at radius 2 is 2.00 bits per heavy atom. The minimum Gasteiger partial charge on any atom is -0.494 e.